The molecule has 0 aliphatic carbocycles. The molecule has 1 N–H and O–H groups in total. The first-order valence-corrected chi connectivity index (χ1v) is 9.42. The molecule has 0 atom stereocenters. The third kappa shape index (κ3) is 4.50. The molecule has 8 heteroatoms. The van der Waals surface area contributed by atoms with Gasteiger partial charge in [-0.25, -0.2) is 9.67 Å². The van der Waals surface area contributed by atoms with E-state index >= 15 is 0 Å². The smallest absolute Gasteiger partial charge is 0.224 e. The summed E-state index contributed by atoms with van der Waals surface area (Å²) in [4.78, 5) is 16.4. The first-order chi connectivity index (χ1) is 12.6. The number of nitrogens with zero attached hydrogens (tertiary/aromatic N) is 3. The van der Waals surface area contributed by atoms with Gasteiger partial charge in [0.1, 0.15) is 18.4 Å². The number of carbonyl (C=O) groups excluding carboxylic acids is 1. The van der Waals surface area contributed by atoms with Crippen LogP contribution in [0.1, 0.15) is 12.0 Å². The standard InChI is InChI=1S/C18H16Br2N4O2/c1-26-17-6-2-12(8-14(17)20)3-7-18(25)23-15-9-13(19)4-5-16(15)24-11-21-10-22-24/h2,4-6,8-11H,3,7H2,1H3,(H,23,25). The summed E-state index contributed by atoms with van der Waals surface area (Å²) in [5, 5.41) is 7.08. The summed E-state index contributed by atoms with van der Waals surface area (Å²) in [6.45, 7) is 0. The first-order valence-electron chi connectivity index (χ1n) is 7.83. The van der Waals surface area contributed by atoms with Crippen molar-refractivity contribution < 1.29 is 9.53 Å². The SMILES string of the molecule is COc1ccc(CCC(=O)Nc2cc(Br)ccc2-n2cncn2)cc1Br. The zero-order valence-electron chi connectivity index (χ0n) is 13.9. The van der Waals surface area contributed by atoms with E-state index in [0.29, 0.717) is 18.5 Å². The van der Waals surface area contributed by atoms with Crippen LogP contribution in [-0.4, -0.2) is 27.8 Å². The molecule has 3 aromatic rings. The van der Waals surface area contributed by atoms with E-state index in [0.717, 1.165) is 25.9 Å². The maximum atomic E-state index is 12.4. The predicted octanol–water partition coefficient (Wildman–Crippen LogP) is 4.37. The zero-order chi connectivity index (χ0) is 18.5. The van der Waals surface area contributed by atoms with Gasteiger partial charge in [-0.15, -0.1) is 0 Å². The lowest BCUT2D eigenvalue weighted by atomic mass is 10.1. The van der Waals surface area contributed by atoms with Gasteiger partial charge in [-0.2, -0.15) is 5.10 Å². The van der Waals surface area contributed by atoms with E-state index in [4.69, 9.17) is 4.74 Å². The molecule has 0 saturated heterocycles. The first kappa shape index (κ1) is 18.6. The highest BCUT2D eigenvalue weighted by atomic mass is 79.9. The molecule has 26 heavy (non-hydrogen) atoms. The van der Waals surface area contributed by atoms with Crippen LogP contribution < -0.4 is 10.1 Å². The van der Waals surface area contributed by atoms with Crippen LogP contribution in [0.4, 0.5) is 5.69 Å². The minimum atomic E-state index is -0.0728. The van der Waals surface area contributed by atoms with Gasteiger partial charge in [-0.1, -0.05) is 22.0 Å². The molecule has 0 spiro atoms. The van der Waals surface area contributed by atoms with E-state index in [2.05, 4.69) is 47.3 Å². The van der Waals surface area contributed by atoms with E-state index in [9.17, 15) is 4.79 Å². The van der Waals surface area contributed by atoms with Gasteiger partial charge >= 0.3 is 0 Å². The summed E-state index contributed by atoms with van der Waals surface area (Å²) in [5.41, 5.74) is 2.48. The van der Waals surface area contributed by atoms with Crippen molar-refractivity contribution in [3.8, 4) is 11.4 Å². The second kappa shape index (κ2) is 8.46. The van der Waals surface area contributed by atoms with Crippen molar-refractivity contribution in [1.82, 2.24) is 14.8 Å². The number of ether oxygens (including phenoxy) is 1. The molecule has 6 nitrogen and oxygen atoms in total. The number of carbonyl (C=O) groups is 1. The van der Waals surface area contributed by atoms with Crippen LogP contribution in [0.2, 0.25) is 0 Å². The Morgan fingerprint density at radius 3 is 2.77 bits per heavy atom. The number of benzene rings is 2. The average Bonchev–Trinajstić information content (AvgIpc) is 3.14. The zero-order valence-corrected chi connectivity index (χ0v) is 17.1. The van der Waals surface area contributed by atoms with E-state index in [-0.39, 0.29) is 5.91 Å². The number of aryl methyl sites for hydroxylation is 1. The van der Waals surface area contributed by atoms with E-state index in [1.165, 1.54) is 6.33 Å². The summed E-state index contributed by atoms with van der Waals surface area (Å²) in [6.07, 6.45) is 4.03. The molecule has 0 fully saturated rings. The lowest BCUT2D eigenvalue weighted by molar-refractivity contribution is -0.116. The summed E-state index contributed by atoms with van der Waals surface area (Å²) >= 11 is 6.89. The van der Waals surface area contributed by atoms with E-state index in [1.54, 1.807) is 18.1 Å². The maximum absolute atomic E-state index is 12.4. The molecule has 0 bridgehead atoms. The second-order valence-electron chi connectivity index (χ2n) is 5.52. The number of halogens is 2. The summed E-state index contributed by atoms with van der Waals surface area (Å²) < 4.78 is 8.58. The molecule has 1 heterocycles. The highest BCUT2D eigenvalue weighted by molar-refractivity contribution is 9.10. The molecule has 134 valence electrons. The van der Waals surface area contributed by atoms with Crippen LogP contribution >= 0.6 is 31.9 Å². The number of nitrogens with one attached hydrogen (secondary N) is 1. The monoisotopic (exact) mass is 478 g/mol. The van der Waals surface area contributed by atoms with Crippen molar-refractivity contribution in [2.24, 2.45) is 0 Å². The molecule has 0 saturated carbocycles. The van der Waals surface area contributed by atoms with Crippen LogP contribution in [0.25, 0.3) is 5.69 Å². The van der Waals surface area contributed by atoms with Gasteiger partial charge in [0, 0.05) is 10.9 Å². The van der Waals surface area contributed by atoms with Gasteiger partial charge in [-0.05, 0) is 58.2 Å². The minimum absolute atomic E-state index is 0.0728. The molecular formula is C18H16Br2N4O2. The summed E-state index contributed by atoms with van der Waals surface area (Å²) in [7, 11) is 1.62. The van der Waals surface area contributed by atoms with Crippen LogP contribution in [0, 0.1) is 0 Å². The number of methoxy groups -OCH3 is 1. The number of anilines is 1. The van der Waals surface area contributed by atoms with Gasteiger partial charge in [0.15, 0.2) is 0 Å². The predicted molar refractivity (Wildman–Crippen MR) is 107 cm³/mol. The molecule has 1 aromatic heterocycles. The van der Waals surface area contributed by atoms with Gasteiger partial charge in [-0.3, -0.25) is 4.79 Å². The molecule has 3 rings (SSSR count). The molecule has 2 aromatic carbocycles. The number of rotatable bonds is 6. The number of aromatic nitrogens is 3. The molecule has 0 radical (unpaired) electrons. The maximum Gasteiger partial charge on any atom is 0.224 e. The van der Waals surface area contributed by atoms with Gasteiger partial charge in [0.2, 0.25) is 5.91 Å². The van der Waals surface area contributed by atoms with Crippen molar-refractivity contribution in [1.29, 1.82) is 0 Å². The summed E-state index contributed by atoms with van der Waals surface area (Å²) in [6, 6.07) is 11.4. The Kier molecular flexibility index (Phi) is 6.05. The molecular weight excluding hydrogens is 464 g/mol. The lowest BCUT2D eigenvalue weighted by Crippen LogP contribution is -2.14. The molecule has 0 unspecified atom stereocenters. The fourth-order valence-corrected chi connectivity index (χ4v) is 3.43. The lowest BCUT2D eigenvalue weighted by Gasteiger charge is -2.12. The second-order valence-corrected chi connectivity index (χ2v) is 7.29. The van der Waals surface area contributed by atoms with Gasteiger partial charge < -0.3 is 10.1 Å². The van der Waals surface area contributed by atoms with Crippen LogP contribution in [0.3, 0.4) is 0 Å². The summed E-state index contributed by atoms with van der Waals surface area (Å²) in [5.74, 6) is 0.696. The third-order valence-corrected chi connectivity index (χ3v) is 4.87. The molecule has 0 aliphatic heterocycles. The number of hydrogen-bond acceptors (Lipinski definition) is 4. The normalized spacial score (nSPS) is 10.6. The Morgan fingerprint density at radius 2 is 2.08 bits per heavy atom. The highest BCUT2D eigenvalue weighted by Crippen LogP contribution is 2.27. The molecule has 1 amide bonds. The molecule has 0 aliphatic rings. The van der Waals surface area contributed by atoms with Crippen LogP contribution in [0.5, 0.6) is 5.75 Å². The number of amides is 1. The number of hydrogen-bond donors (Lipinski definition) is 1. The Balaban J connectivity index is 1.69. The Bertz CT molecular complexity index is 914. The Hall–Kier alpha value is -2.19. The quantitative estimate of drug-likeness (QED) is 0.569. The van der Waals surface area contributed by atoms with Crippen LogP contribution in [0.15, 0.2) is 58.0 Å². The van der Waals surface area contributed by atoms with Crippen LogP contribution in [-0.2, 0) is 11.2 Å². The topological polar surface area (TPSA) is 69.0 Å². The van der Waals surface area contributed by atoms with Crippen molar-refractivity contribution in [2.75, 3.05) is 12.4 Å². The van der Waals surface area contributed by atoms with E-state index in [1.807, 2.05) is 36.4 Å². The highest BCUT2D eigenvalue weighted by Gasteiger charge is 2.11. The van der Waals surface area contributed by atoms with Crippen molar-refractivity contribution in [3.63, 3.8) is 0 Å². The van der Waals surface area contributed by atoms with Gasteiger partial charge in [0.25, 0.3) is 0 Å². The Morgan fingerprint density at radius 1 is 1.23 bits per heavy atom. The Labute approximate surface area is 167 Å². The van der Waals surface area contributed by atoms with E-state index < -0.39 is 0 Å². The minimum Gasteiger partial charge on any atom is -0.496 e. The van der Waals surface area contributed by atoms with Crippen molar-refractivity contribution in [2.45, 2.75) is 12.8 Å². The van der Waals surface area contributed by atoms with Gasteiger partial charge in [0.05, 0.1) is 23.0 Å². The van der Waals surface area contributed by atoms with Crippen molar-refractivity contribution >= 4 is 43.5 Å². The van der Waals surface area contributed by atoms with Crippen molar-refractivity contribution in [3.05, 3.63) is 63.6 Å². The fraction of sp³-hybridized carbons (Fsp3) is 0.167. The fourth-order valence-electron chi connectivity index (χ4n) is 2.48. The largest absolute Gasteiger partial charge is 0.496 e. The third-order valence-electron chi connectivity index (χ3n) is 3.76. The average molecular weight is 480 g/mol.